The fraction of sp³-hybridized carbons (Fsp3) is 0.333. The van der Waals surface area contributed by atoms with Crippen LogP contribution in [0, 0.1) is 0 Å². The van der Waals surface area contributed by atoms with Gasteiger partial charge in [0.05, 0.1) is 0 Å². The molecular formula is C21H25N. The highest BCUT2D eigenvalue weighted by Gasteiger charge is 2.41. The second-order valence-electron chi connectivity index (χ2n) is 6.86. The van der Waals surface area contributed by atoms with Crippen molar-refractivity contribution in [3.8, 4) is 0 Å². The van der Waals surface area contributed by atoms with Crippen LogP contribution in [0.25, 0.3) is 5.57 Å². The van der Waals surface area contributed by atoms with Gasteiger partial charge < -0.3 is 4.90 Å². The van der Waals surface area contributed by atoms with Crippen LogP contribution in [0.3, 0.4) is 0 Å². The van der Waals surface area contributed by atoms with Gasteiger partial charge in [-0.25, -0.2) is 0 Å². The molecule has 0 amide bonds. The lowest BCUT2D eigenvalue weighted by molar-refractivity contribution is 0.372. The van der Waals surface area contributed by atoms with Gasteiger partial charge in [0.2, 0.25) is 0 Å². The van der Waals surface area contributed by atoms with E-state index in [1.165, 1.54) is 33.4 Å². The number of hydrogen-bond acceptors (Lipinski definition) is 1. The van der Waals surface area contributed by atoms with Crippen LogP contribution >= 0.6 is 0 Å². The van der Waals surface area contributed by atoms with Gasteiger partial charge >= 0.3 is 0 Å². The highest BCUT2D eigenvalue weighted by molar-refractivity contribution is 5.94. The van der Waals surface area contributed by atoms with Crippen LogP contribution in [0.5, 0.6) is 0 Å². The molecule has 0 N–H and O–H groups in total. The van der Waals surface area contributed by atoms with Crippen LogP contribution in [-0.4, -0.2) is 11.4 Å². The molecule has 0 bridgehead atoms. The number of benzene rings is 1. The van der Waals surface area contributed by atoms with E-state index in [0.29, 0.717) is 0 Å². The van der Waals surface area contributed by atoms with Crippen LogP contribution in [0.1, 0.15) is 44.4 Å². The summed E-state index contributed by atoms with van der Waals surface area (Å²) in [6.07, 6.45) is 4.31. The SMILES string of the molecule is C=CC1=C2/C(=C\C)C(C)(C)c3cccc(c32)CN(C(=C)C)C1. The molecule has 0 unspecified atom stereocenters. The third kappa shape index (κ3) is 1.92. The summed E-state index contributed by atoms with van der Waals surface area (Å²) < 4.78 is 0. The Labute approximate surface area is 134 Å². The predicted molar refractivity (Wildman–Crippen MR) is 95.6 cm³/mol. The monoisotopic (exact) mass is 291 g/mol. The van der Waals surface area contributed by atoms with Crippen LogP contribution in [0.2, 0.25) is 0 Å². The lowest BCUT2D eigenvalue weighted by atomic mass is 9.81. The summed E-state index contributed by atoms with van der Waals surface area (Å²) in [6, 6.07) is 6.74. The average Bonchev–Trinajstić information content (AvgIpc) is 2.61. The first-order chi connectivity index (χ1) is 10.4. The Kier molecular flexibility index (Phi) is 3.40. The molecule has 1 nitrogen and oxygen atoms in total. The van der Waals surface area contributed by atoms with Gasteiger partial charge in [-0.05, 0) is 47.3 Å². The summed E-state index contributed by atoms with van der Waals surface area (Å²) in [5.74, 6) is 0. The Morgan fingerprint density at radius 1 is 1.27 bits per heavy atom. The molecule has 0 fully saturated rings. The van der Waals surface area contributed by atoms with E-state index in [0.717, 1.165) is 18.8 Å². The minimum Gasteiger partial charge on any atom is -0.367 e. The normalized spacial score (nSPS) is 20.9. The van der Waals surface area contributed by atoms with E-state index >= 15 is 0 Å². The molecule has 1 aromatic rings. The van der Waals surface area contributed by atoms with Crippen LogP contribution in [0.15, 0.2) is 60.4 Å². The van der Waals surface area contributed by atoms with Crippen molar-refractivity contribution in [2.45, 2.75) is 39.7 Å². The lowest BCUT2D eigenvalue weighted by Crippen LogP contribution is -2.23. The number of nitrogens with zero attached hydrogens (tertiary/aromatic N) is 1. The Balaban J connectivity index is 2.38. The van der Waals surface area contributed by atoms with E-state index in [4.69, 9.17) is 0 Å². The summed E-state index contributed by atoms with van der Waals surface area (Å²) in [5.41, 5.74) is 9.58. The van der Waals surface area contributed by atoms with Gasteiger partial charge in [0.25, 0.3) is 0 Å². The molecule has 0 saturated heterocycles. The maximum Gasteiger partial charge on any atom is 0.0436 e. The molecule has 0 radical (unpaired) electrons. The Morgan fingerprint density at radius 2 is 2.00 bits per heavy atom. The van der Waals surface area contributed by atoms with Gasteiger partial charge in [-0.15, -0.1) is 0 Å². The molecule has 1 aliphatic carbocycles. The minimum absolute atomic E-state index is 0.0646. The second kappa shape index (κ2) is 5.01. The molecule has 2 aliphatic rings. The Hall–Kier alpha value is -2.02. The van der Waals surface area contributed by atoms with E-state index in [-0.39, 0.29) is 5.41 Å². The molecule has 1 heteroatoms. The van der Waals surface area contributed by atoms with Crippen molar-refractivity contribution in [3.05, 3.63) is 77.0 Å². The highest BCUT2D eigenvalue weighted by atomic mass is 15.1. The van der Waals surface area contributed by atoms with E-state index in [2.05, 4.69) is 70.0 Å². The maximum atomic E-state index is 4.15. The molecular weight excluding hydrogens is 266 g/mol. The third-order valence-corrected chi connectivity index (χ3v) is 5.14. The van der Waals surface area contributed by atoms with E-state index in [9.17, 15) is 0 Å². The van der Waals surface area contributed by atoms with Gasteiger partial charge in [-0.1, -0.05) is 57.4 Å². The summed E-state index contributed by atoms with van der Waals surface area (Å²) in [7, 11) is 0. The number of allylic oxidation sites excluding steroid dienone is 4. The minimum atomic E-state index is 0.0646. The zero-order valence-electron chi connectivity index (χ0n) is 14.2. The molecule has 1 aliphatic heterocycles. The standard InChI is InChI=1S/C21H25N/c1-7-15-12-22(14(3)4)13-16-10-9-11-18-20(16)19(15)17(8-2)21(18,5)6/h7-11H,1,3,12-13H2,2,4-6H3/b17-8+. The van der Waals surface area contributed by atoms with E-state index in [1.54, 1.807) is 0 Å². The van der Waals surface area contributed by atoms with Crippen molar-refractivity contribution in [2.75, 3.05) is 6.54 Å². The number of hydrogen-bond donors (Lipinski definition) is 0. The van der Waals surface area contributed by atoms with Crippen LogP contribution in [0.4, 0.5) is 0 Å². The first-order valence-electron chi connectivity index (χ1n) is 7.97. The molecule has 0 spiro atoms. The number of rotatable bonds is 2. The fourth-order valence-corrected chi connectivity index (χ4v) is 3.96. The van der Waals surface area contributed by atoms with Gasteiger partial charge in [-0.2, -0.15) is 0 Å². The van der Waals surface area contributed by atoms with Crippen molar-refractivity contribution < 1.29 is 0 Å². The average molecular weight is 291 g/mol. The zero-order chi connectivity index (χ0) is 16.1. The third-order valence-electron chi connectivity index (χ3n) is 5.14. The summed E-state index contributed by atoms with van der Waals surface area (Å²) in [5, 5.41) is 0. The lowest BCUT2D eigenvalue weighted by Gasteiger charge is -2.27. The van der Waals surface area contributed by atoms with E-state index < -0.39 is 0 Å². The first-order valence-corrected chi connectivity index (χ1v) is 7.97. The molecule has 22 heavy (non-hydrogen) atoms. The second-order valence-corrected chi connectivity index (χ2v) is 6.86. The summed E-state index contributed by atoms with van der Waals surface area (Å²) >= 11 is 0. The zero-order valence-corrected chi connectivity index (χ0v) is 14.2. The topological polar surface area (TPSA) is 3.24 Å². The fourth-order valence-electron chi connectivity index (χ4n) is 3.96. The quantitative estimate of drug-likeness (QED) is 0.722. The Bertz CT molecular complexity index is 728. The molecule has 0 aromatic heterocycles. The van der Waals surface area contributed by atoms with Gasteiger partial charge in [0.1, 0.15) is 0 Å². The molecule has 0 atom stereocenters. The van der Waals surface area contributed by atoms with Gasteiger partial charge in [-0.3, -0.25) is 0 Å². The van der Waals surface area contributed by atoms with Crippen LogP contribution in [-0.2, 0) is 12.0 Å². The molecule has 1 aromatic carbocycles. The summed E-state index contributed by atoms with van der Waals surface area (Å²) in [6.45, 7) is 18.9. The van der Waals surface area contributed by atoms with E-state index in [1.807, 2.05) is 6.08 Å². The predicted octanol–water partition coefficient (Wildman–Crippen LogP) is 5.21. The molecule has 3 rings (SSSR count). The molecule has 0 saturated carbocycles. The van der Waals surface area contributed by atoms with Gasteiger partial charge in [0.15, 0.2) is 0 Å². The largest absolute Gasteiger partial charge is 0.367 e. The maximum absolute atomic E-state index is 4.15. The van der Waals surface area contributed by atoms with Crippen molar-refractivity contribution in [1.82, 2.24) is 4.90 Å². The molecule has 114 valence electrons. The van der Waals surface area contributed by atoms with Gasteiger partial charge in [0, 0.05) is 24.2 Å². The van der Waals surface area contributed by atoms with Crippen LogP contribution < -0.4 is 0 Å². The first kappa shape index (κ1) is 14.9. The Morgan fingerprint density at radius 3 is 2.59 bits per heavy atom. The van der Waals surface area contributed by atoms with Crippen molar-refractivity contribution in [2.24, 2.45) is 0 Å². The van der Waals surface area contributed by atoms with Crippen molar-refractivity contribution in [3.63, 3.8) is 0 Å². The highest BCUT2D eigenvalue weighted by Crippen LogP contribution is 2.53. The molecule has 1 heterocycles. The smallest absolute Gasteiger partial charge is 0.0436 e. The van der Waals surface area contributed by atoms with Crippen molar-refractivity contribution >= 4 is 5.57 Å². The summed E-state index contributed by atoms with van der Waals surface area (Å²) in [4.78, 5) is 2.35. The van der Waals surface area contributed by atoms with Crippen molar-refractivity contribution in [1.29, 1.82) is 0 Å².